The van der Waals surface area contributed by atoms with Crippen molar-refractivity contribution in [3.8, 4) is 0 Å². The molecule has 1 amide bonds. The van der Waals surface area contributed by atoms with Crippen molar-refractivity contribution in [2.75, 3.05) is 10.6 Å². The highest BCUT2D eigenvalue weighted by Gasteiger charge is 2.38. The van der Waals surface area contributed by atoms with Crippen LogP contribution in [0.15, 0.2) is 18.7 Å². The van der Waals surface area contributed by atoms with Crippen LogP contribution in [-0.2, 0) is 10.9 Å². The third-order valence-corrected chi connectivity index (χ3v) is 3.60. The van der Waals surface area contributed by atoms with Crippen molar-refractivity contribution >= 4 is 23.6 Å². The van der Waals surface area contributed by atoms with Crippen LogP contribution in [0.25, 0.3) is 0 Å². The maximum atomic E-state index is 13.6. The molecule has 0 aromatic carbocycles. The molecule has 0 saturated heterocycles. The molecule has 0 radical (unpaired) electrons. The molecule has 10 heteroatoms. The zero-order valence-corrected chi connectivity index (χ0v) is 17.0. The average Bonchev–Trinajstić information content (AvgIpc) is 2.50. The van der Waals surface area contributed by atoms with Gasteiger partial charge in [-0.25, -0.2) is 14.6 Å². The van der Waals surface area contributed by atoms with Gasteiger partial charge in [-0.2, -0.15) is 13.2 Å². The van der Waals surface area contributed by atoms with Gasteiger partial charge in [0.25, 0.3) is 0 Å². The Bertz CT molecular complexity index is 784. The summed E-state index contributed by atoms with van der Waals surface area (Å²) in [6.45, 7) is 11.6. The molecule has 1 aromatic heterocycles. The Morgan fingerprint density at radius 2 is 1.83 bits per heavy atom. The van der Waals surface area contributed by atoms with E-state index in [1.54, 1.807) is 40.7 Å². The summed E-state index contributed by atoms with van der Waals surface area (Å²) >= 11 is 0. The van der Waals surface area contributed by atoms with E-state index < -0.39 is 52.1 Å². The normalized spacial score (nSPS) is 12.3. The lowest BCUT2D eigenvalue weighted by atomic mass is 9.98. The van der Waals surface area contributed by atoms with E-state index in [4.69, 9.17) is 4.74 Å². The zero-order valence-electron chi connectivity index (χ0n) is 17.0. The number of hydrogen-bond acceptors (Lipinski definition) is 5. The number of halogens is 3. The zero-order chi connectivity index (χ0) is 22.6. The number of hydrogen-bond donors (Lipinski definition) is 3. The number of anilines is 2. The lowest BCUT2D eigenvalue weighted by Crippen LogP contribution is -2.33. The molecule has 29 heavy (non-hydrogen) atoms. The fourth-order valence-electron chi connectivity index (χ4n) is 2.34. The number of allylic oxidation sites excluding steroid dienone is 1. The Hall–Kier alpha value is -2.78. The first-order valence-corrected chi connectivity index (χ1v) is 8.80. The molecule has 1 rings (SSSR count). The molecule has 162 valence electrons. The standard InChI is InChI=1S/C19H26F3N3O4/c1-7-8-9-18(5,6)25-14-11(19(20,21)22)10-12(13(24-14)15(26)27)23-16(28)29-17(2,3)4/h7,10H,1,8-9H2,2-6H3,(H,23,28)(H,24,25)(H,26,27). The average molecular weight is 417 g/mol. The maximum absolute atomic E-state index is 13.6. The van der Waals surface area contributed by atoms with Crippen LogP contribution in [0.3, 0.4) is 0 Å². The number of nitrogens with zero attached hydrogens (tertiary/aromatic N) is 1. The van der Waals surface area contributed by atoms with Crippen LogP contribution in [-0.4, -0.2) is 33.3 Å². The second-order valence-electron chi connectivity index (χ2n) is 8.05. The maximum Gasteiger partial charge on any atom is 0.420 e. The number of carbonyl (C=O) groups excluding carboxylic acids is 1. The number of carboxylic acid groups (broad SMARTS) is 1. The molecule has 0 unspecified atom stereocenters. The van der Waals surface area contributed by atoms with E-state index in [1.807, 2.05) is 5.32 Å². The predicted octanol–water partition coefficient (Wildman–Crippen LogP) is 5.30. The molecule has 0 atom stereocenters. The number of rotatable bonds is 7. The summed E-state index contributed by atoms with van der Waals surface area (Å²) in [4.78, 5) is 27.2. The van der Waals surface area contributed by atoms with E-state index in [0.717, 1.165) is 0 Å². The molecule has 0 fully saturated rings. The number of nitrogens with one attached hydrogen (secondary N) is 2. The van der Waals surface area contributed by atoms with Crippen molar-refractivity contribution in [3.05, 3.63) is 30.0 Å². The molecule has 1 heterocycles. The van der Waals surface area contributed by atoms with Gasteiger partial charge in [0.1, 0.15) is 11.4 Å². The van der Waals surface area contributed by atoms with Gasteiger partial charge in [-0.1, -0.05) is 6.08 Å². The fourth-order valence-corrected chi connectivity index (χ4v) is 2.34. The summed E-state index contributed by atoms with van der Waals surface area (Å²) in [5, 5.41) is 14.1. The van der Waals surface area contributed by atoms with Crippen LogP contribution < -0.4 is 10.6 Å². The molecular weight excluding hydrogens is 391 g/mol. The van der Waals surface area contributed by atoms with Gasteiger partial charge < -0.3 is 15.2 Å². The molecule has 0 aliphatic heterocycles. The Labute approximate surface area is 167 Å². The summed E-state index contributed by atoms with van der Waals surface area (Å²) in [6, 6.07) is 0.534. The van der Waals surface area contributed by atoms with E-state index in [0.29, 0.717) is 18.9 Å². The van der Waals surface area contributed by atoms with Crippen molar-refractivity contribution in [3.63, 3.8) is 0 Å². The smallest absolute Gasteiger partial charge is 0.420 e. The Morgan fingerprint density at radius 1 is 1.24 bits per heavy atom. The first-order chi connectivity index (χ1) is 13.1. The van der Waals surface area contributed by atoms with Crippen LogP contribution in [0.4, 0.5) is 29.5 Å². The van der Waals surface area contributed by atoms with Crippen molar-refractivity contribution in [1.82, 2.24) is 4.98 Å². The third-order valence-electron chi connectivity index (χ3n) is 3.60. The van der Waals surface area contributed by atoms with Crippen molar-refractivity contribution in [1.29, 1.82) is 0 Å². The number of carbonyl (C=O) groups is 2. The van der Waals surface area contributed by atoms with Gasteiger partial charge in [-0.3, -0.25) is 5.32 Å². The minimum atomic E-state index is -4.84. The molecule has 1 aromatic rings. The number of pyridine rings is 1. The van der Waals surface area contributed by atoms with E-state index in [-0.39, 0.29) is 0 Å². The van der Waals surface area contributed by atoms with E-state index in [2.05, 4.69) is 16.9 Å². The van der Waals surface area contributed by atoms with Gasteiger partial charge in [0.2, 0.25) is 0 Å². The number of alkyl halides is 3. The molecule has 0 aliphatic rings. The first-order valence-electron chi connectivity index (χ1n) is 8.80. The first kappa shape index (κ1) is 24.3. The third kappa shape index (κ3) is 7.63. The van der Waals surface area contributed by atoms with Crippen LogP contribution in [0.5, 0.6) is 0 Å². The lowest BCUT2D eigenvalue weighted by Gasteiger charge is -2.28. The van der Waals surface area contributed by atoms with Crippen LogP contribution in [0.2, 0.25) is 0 Å². The number of aromatic carboxylic acids is 1. The Balaban J connectivity index is 3.44. The molecule has 7 nitrogen and oxygen atoms in total. The van der Waals surface area contributed by atoms with Gasteiger partial charge in [-0.05, 0) is 53.5 Å². The van der Waals surface area contributed by atoms with Gasteiger partial charge in [0.05, 0.1) is 11.3 Å². The highest BCUT2D eigenvalue weighted by atomic mass is 19.4. The molecular formula is C19H26F3N3O4. The molecule has 0 bridgehead atoms. The Morgan fingerprint density at radius 3 is 2.28 bits per heavy atom. The highest BCUT2D eigenvalue weighted by Crippen LogP contribution is 2.38. The van der Waals surface area contributed by atoms with E-state index >= 15 is 0 Å². The van der Waals surface area contributed by atoms with Crippen molar-refractivity contribution < 1.29 is 32.6 Å². The summed E-state index contributed by atoms with van der Waals surface area (Å²) in [5.74, 6) is -2.24. The number of ether oxygens (including phenoxy) is 1. The van der Waals surface area contributed by atoms with E-state index in [1.165, 1.54) is 0 Å². The topological polar surface area (TPSA) is 101 Å². The monoisotopic (exact) mass is 417 g/mol. The van der Waals surface area contributed by atoms with Crippen molar-refractivity contribution in [2.45, 2.75) is 64.8 Å². The van der Waals surface area contributed by atoms with Gasteiger partial charge in [-0.15, -0.1) is 6.58 Å². The molecule has 0 saturated carbocycles. The number of aromatic nitrogens is 1. The van der Waals surface area contributed by atoms with Crippen LogP contribution in [0.1, 0.15) is 63.5 Å². The highest BCUT2D eigenvalue weighted by molar-refractivity contribution is 5.98. The minimum absolute atomic E-state index is 0.440. The Kier molecular flexibility index (Phi) is 7.28. The van der Waals surface area contributed by atoms with E-state index in [9.17, 15) is 27.9 Å². The number of amides is 1. The largest absolute Gasteiger partial charge is 0.476 e. The molecule has 3 N–H and O–H groups in total. The van der Waals surface area contributed by atoms with Gasteiger partial charge in [0.15, 0.2) is 5.69 Å². The van der Waals surface area contributed by atoms with Crippen LogP contribution >= 0.6 is 0 Å². The quantitative estimate of drug-likeness (QED) is 0.521. The SMILES string of the molecule is C=CCCC(C)(C)Nc1nc(C(=O)O)c(NC(=O)OC(C)(C)C)cc1C(F)(F)F. The van der Waals surface area contributed by atoms with Gasteiger partial charge >= 0.3 is 18.2 Å². The van der Waals surface area contributed by atoms with Crippen LogP contribution in [0, 0.1) is 0 Å². The summed E-state index contributed by atoms with van der Waals surface area (Å²) < 4.78 is 45.8. The second-order valence-corrected chi connectivity index (χ2v) is 8.05. The molecule has 0 spiro atoms. The van der Waals surface area contributed by atoms with Crippen molar-refractivity contribution in [2.24, 2.45) is 0 Å². The summed E-state index contributed by atoms with van der Waals surface area (Å²) in [5.41, 5.74) is -4.32. The summed E-state index contributed by atoms with van der Waals surface area (Å²) in [7, 11) is 0. The number of carboxylic acids is 1. The summed E-state index contributed by atoms with van der Waals surface area (Å²) in [6.07, 6.45) is -3.34. The lowest BCUT2D eigenvalue weighted by molar-refractivity contribution is -0.137. The minimum Gasteiger partial charge on any atom is -0.476 e. The second kappa shape index (κ2) is 8.71. The van der Waals surface area contributed by atoms with Gasteiger partial charge in [0, 0.05) is 5.54 Å². The predicted molar refractivity (Wildman–Crippen MR) is 103 cm³/mol. The fraction of sp³-hybridized carbons (Fsp3) is 0.526. The molecule has 0 aliphatic carbocycles.